The number of nitrogens with two attached hydrogens (primary N) is 1. The molecule has 0 unspecified atom stereocenters. The van der Waals surface area contributed by atoms with Crippen LogP contribution in [0.15, 0.2) is 30.5 Å². The molecule has 0 aliphatic rings. The van der Waals surface area contributed by atoms with Gasteiger partial charge in [-0.1, -0.05) is 42.8 Å². The van der Waals surface area contributed by atoms with Gasteiger partial charge in [-0.3, -0.25) is 0 Å². The summed E-state index contributed by atoms with van der Waals surface area (Å²) in [5, 5.41) is 7.92. The second-order valence-corrected chi connectivity index (χ2v) is 4.51. The van der Waals surface area contributed by atoms with Gasteiger partial charge in [0.1, 0.15) is 0 Å². The minimum atomic E-state index is 0.474. The lowest BCUT2D eigenvalue weighted by molar-refractivity contribution is 0.619. The molecule has 0 radical (unpaired) electrons. The van der Waals surface area contributed by atoms with Gasteiger partial charge in [-0.05, 0) is 24.0 Å². The van der Waals surface area contributed by atoms with Gasteiger partial charge in [-0.25, -0.2) is 4.68 Å². The Balaban J connectivity index is 2.02. The summed E-state index contributed by atoms with van der Waals surface area (Å²) in [6, 6.07) is 8.72. The first kappa shape index (κ1) is 12.8. The summed E-state index contributed by atoms with van der Waals surface area (Å²) in [4.78, 5) is 0. The van der Waals surface area contributed by atoms with Crippen LogP contribution in [-0.2, 0) is 19.5 Å². The molecule has 1 aromatic carbocycles. The van der Waals surface area contributed by atoms with Gasteiger partial charge >= 0.3 is 0 Å². The Bertz CT molecular complexity index is 473. The van der Waals surface area contributed by atoms with Crippen molar-refractivity contribution in [2.24, 2.45) is 5.73 Å². The molecule has 2 aromatic rings. The van der Waals surface area contributed by atoms with Gasteiger partial charge in [0.05, 0.1) is 18.4 Å². The maximum atomic E-state index is 5.63. The minimum Gasteiger partial charge on any atom is -0.325 e. The van der Waals surface area contributed by atoms with E-state index >= 15 is 0 Å². The van der Waals surface area contributed by atoms with Gasteiger partial charge < -0.3 is 5.73 Å². The highest BCUT2D eigenvalue weighted by atomic mass is 15.4. The molecule has 0 bridgehead atoms. The highest BCUT2D eigenvalue weighted by molar-refractivity contribution is 5.23. The molecule has 0 amide bonds. The Hall–Kier alpha value is -1.68. The molecule has 0 aliphatic carbocycles. The summed E-state index contributed by atoms with van der Waals surface area (Å²) in [6.07, 6.45) is 5.37. The highest BCUT2D eigenvalue weighted by Crippen LogP contribution is 2.09. The van der Waals surface area contributed by atoms with E-state index in [1.54, 1.807) is 6.20 Å². The molecule has 0 aliphatic heterocycles. The molecule has 0 saturated heterocycles. The highest BCUT2D eigenvalue weighted by Gasteiger charge is 2.02. The summed E-state index contributed by atoms with van der Waals surface area (Å²) < 4.78 is 1.85. The Labute approximate surface area is 108 Å². The molecule has 0 atom stereocenters. The lowest BCUT2D eigenvalue weighted by Gasteiger charge is -2.06. The van der Waals surface area contributed by atoms with Crippen LogP contribution in [0.25, 0.3) is 0 Å². The molecule has 0 saturated carbocycles. The van der Waals surface area contributed by atoms with Crippen molar-refractivity contribution in [3.63, 3.8) is 0 Å². The Morgan fingerprint density at radius 3 is 2.56 bits per heavy atom. The van der Waals surface area contributed by atoms with Crippen LogP contribution in [0.3, 0.4) is 0 Å². The molecular formula is C14H20N4. The first-order valence-corrected chi connectivity index (χ1v) is 6.48. The third kappa shape index (κ3) is 3.17. The van der Waals surface area contributed by atoms with E-state index in [0.717, 1.165) is 18.7 Å². The molecule has 2 N–H and O–H groups in total. The van der Waals surface area contributed by atoms with E-state index < -0.39 is 0 Å². The average molecular weight is 244 g/mol. The third-order valence-corrected chi connectivity index (χ3v) is 3.08. The summed E-state index contributed by atoms with van der Waals surface area (Å²) in [6.45, 7) is 3.43. The SMILES string of the molecule is CCCCc1ccc(Cn2nncc2CN)cc1. The quantitative estimate of drug-likeness (QED) is 0.847. The van der Waals surface area contributed by atoms with Gasteiger partial charge in [0, 0.05) is 6.54 Å². The fourth-order valence-corrected chi connectivity index (χ4v) is 1.94. The fourth-order valence-electron chi connectivity index (χ4n) is 1.94. The van der Waals surface area contributed by atoms with Crippen LogP contribution < -0.4 is 5.73 Å². The molecule has 1 aromatic heterocycles. The van der Waals surface area contributed by atoms with Gasteiger partial charge in [-0.15, -0.1) is 5.10 Å². The second-order valence-electron chi connectivity index (χ2n) is 4.51. The Morgan fingerprint density at radius 1 is 1.17 bits per heavy atom. The smallest absolute Gasteiger partial charge is 0.0738 e. The fraction of sp³-hybridized carbons (Fsp3) is 0.429. The van der Waals surface area contributed by atoms with E-state index in [4.69, 9.17) is 5.73 Å². The molecule has 96 valence electrons. The summed E-state index contributed by atoms with van der Waals surface area (Å²) in [7, 11) is 0. The molecular weight excluding hydrogens is 224 g/mol. The summed E-state index contributed by atoms with van der Waals surface area (Å²) in [5.74, 6) is 0. The molecule has 0 fully saturated rings. The number of aromatic nitrogens is 3. The number of hydrogen-bond donors (Lipinski definition) is 1. The third-order valence-electron chi connectivity index (χ3n) is 3.08. The summed E-state index contributed by atoms with van der Waals surface area (Å²) in [5.41, 5.74) is 9.22. The number of benzene rings is 1. The van der Waals surface area contributed by atoms with Gasteiger partial charge in [0.25, 0.3) is 0 Å². The normalized spacial score (nSPS) is 10.8. The first-order chi connectivity index (χ1) is 8.83. The molecule has 4 nitrogen and oxygen atoms in total. The largest absolute Gasteiger partial charge is 0.325 e. The van der Waals surface area contributed by atoms with Gasteiger partial charge in [-0.2, -0.15) is 0 Å². The van der Waals surface area contributed by atoms with Crippen molar-refractivity contribution in [3.05, 3.63) is 47.3 Å². The van der Waals surface area contributed by atoms with E-state index in [2.05, 4.69) is 41.5 Å². The predicted octanol–water partition coefficient (Wildman–Crippen LogP) is 2.13. The van der Waals surface area contributed by atoms with Gasteiger partial charge in [0.2, 0.25) is 0 Å². The zero-order chi connectivity index (χ0) is 12.8. The van der Waals surface area contributed by atoms with E-state index in [1.165, 1.54) is 24.0 Å². The molecule has 4 heteroatoms. The van der Waals surface area contributed by atoms with E-state index in [0.29, 0.717) is 6.54 Å². The van der Waals surface area contributed by atoms with Crippen molar-refractivity contribution in [1.29, 1.82) is 0 Å². The number of unbranched alkanes of at least 4 members (excludes halogenated alkanes) is 1. The molecule has 18 heavy (non-hydrogen) atoms. The topological polar surface area (TPSA) is 56.7 Å². The van der Waals surface area contributed by atoms with Crippen molar-refractivity contribution in [3.8, 4) is 0 Å². The summed E-state index contributed by atoms with van der Waals surface area (Å²) >= 11 is 0. The van der Waals surface area contributed by atoms with Crippen LogP contribution in [0.2, 0.25) is 0 Å². The predicted molar refractivity (Wildman–Crippen MR) is 72.1 cm³/mol. The lowest BCUT2D eigenvalue weighted by Crippen LogP contribution is -2.09. The van der Waals surface area contributed by atoms with E-state index in [9.17, 15) is 0 Å². The van der Waals surface area contributed by atoms with Crippen molar-refractivity contribution in [1.82, 2.24) is 15.0 Å². The molecule has 1 heterocycles. The number of nitrogens with zero attached hydrogens (tertiary/aromatic N) is 3. The molecule has 0 spiro atoms. The Morgan fingerprint density at radius 2 is 1.89 bits per heavy atom. The first-order valence-electron chi connectivity index (χ1n) is 6.48. The standard InChI is InChI=1S/C14H20N4/c1-2-3-4-12-5-7-13(8-6-12)11-18-14(9-15)10-16-17-18/h5-8,10H,2-4,9,11,15H2,1H3. The lowest BCUT2D eigenvalue weighted by atomic mass is 10.1. The van der Waals surface area contributed by atoms with Crippen molar-refractivity contribution in [2.75, 3.05) is 0 Å². The molecule has 2 rings (SSSR count). The van der Waals surface area contributed by atoms with Crippen molar-refractivity contribution in [2.45, 2.75) is 39.3 Å². The minimum absolute atomic E-state index is 0.474. The van der Waals surface area contributed by atoms with Crippen LogP contribution >= 0.6 is 0 Å². The van der Waals surface area contributed by atoms with Crippen molar-refractivity contribution >= 4 is 0 Å². The van der Waals surface area contributed by atoms with Crippen LogP contribution in [0.1, 0.15) is 36.6 Å². The number of hydrogen-bond acceptors (Lipinski definition) is 3. The zero-order valence-electron chi connectivity index (χ0n) is 10.8. The van der Waals surface area contributed by atoms with Crippen LogP contribution in [0.5, 0.6) is 0 Å². The Kier molecular flexibility index (Phi) is 4.47. The number of aryl methyl sites for hydroxylation is 1. The second kappa shape index (κ2) is 6.31. The zero-order valence-corrected chi connectivity index (χ0v) is 10.8. The number of rotatable bonds is 6. The monoisotopic (exact) mass is 244 g/mol. The van der Waals surface area contributed by atoms with Crippen LogP contribution in [-0.4, -0.2) is 15.0 Å². The van der Waals surface area contributed by atoms with Gasteiger partial charge in [0.15, 0.2) is 0 Å². The van der Waals surface area contributed by atoms with Crippen LogP contribution in [0.4, 0.5) is 0 Å². The van der Waals surface area contributed by atoms with Crippen molar-refractivity contribution < 1.29 is 0 Å². The maximum absolute atomic E-state index is 5.63. The average Bonchev–Trinajstić information content (AvgIpc) is 2.85. The van der Waals surface area contributed by atoms with E-state index in [1.807, 2.05) is 4.68 Å². The van der Waals surface area contributed by atoms with E-state index in [-0.39, 0.29) is 0 Å². The van der Waals surface area contributed by atoms with Crippen LogP contribution in [0, 0.1) is 0 Å². The maximum Gasteiger partial charge on any atom is 0.0738 e.